The summed E-state index contributed by atoms with van der Waals surface area (Å²) in [6, 6.07) is -0.354. The van der Waals surface area contributed by atoms with Gasteiger partial charge < -0.3 is 14.9 Å². The van der Waals surface area contributed by atoms with E-state index >= 15 is 0 Å². The molecule has 7 atom stereocenters. The van der Waals surface area contributed by atoms with Crippen LogP contribution in [0.25, 0.3) is 0 Å². The van der Waals surface area contributed by atoms with Crippen molar-refractivity contribution < 1.29 is 28.2 Å². The van der Waals surface area contributed by atoms with Crippen LogP contribution in [0.1, 0.15) is 124 Å². The van der Waals surface area contributed by atoms with Crippen LogP contribution in [0.4, 0.5) is 0 Å². The Hall–Kier alpha value is -0.700. The van der Waals surface area contributed by atoms with Gasteiger partial charge in [0.15, 0.2) is 6.10 Å². The van der Waals surface area contributed by atoms with Gasteiger partial charge in [0.05, 0.1) is 30.1 Å². The van der Waals surface area contributed by atoms with E-state index in [1.807, 2.05) is 0 Å². The highest BCUT2D eigenvalue weighted by Gasteiger charge is 2.72. The maximum Gasteiger partial charge on any atom is 0.267 e. The number of ether oxygens (including phenoxy) is 1. The molecule has 0 aromatic rings. The molecule has 2 aliphatic heterocycles. The molecule has 2 N–H and O–H groups in total. The van der Waals surface area contributed by atoms with Gasteiger partial charge in [-0.2, -0.15) is 0 Å². The smallest absolute Gasteiger partial charge is 0.267 e. The molecule has 2 heterocycles. The van der Waals surface area contributed by atoms with Crippen LogP contribution in [0.3, 0.4) is 0 Å². The minimum absolute atomic E-state index is 0.00164. The molecule has 214 valence electrons. The van der Waals surface area contributed by atoms with Gasteiger partial charge in [0.25, 0.3) is 5.91 Å². The zero-order valence-electron chi connectivity index (χ0n) is 23.4. The van der Waals surface area contributed by atoms with Gasteiger partial charge in [0.2, 0.25) is 10.0 Å². The number of nitrogens with zero attached hydrogens (tertiary/aromatic N) is 1. The van der Waals surface area contributed by atoms with Gasteiger partial charge in [-0.1, -0.05) is 85.0 Å². The predicted octanol–water partition coefficient (Wildman–Crippen LogP) is 4.93. The number of aliphatic hydroxyl groups excluding tert-OH is 2. The summed E-state index contributed by atoms with van der Waals surface area (Å²) in [5.41, 5.74) is -0.533. The lowest BCUT2D eigenvalue weighted by Gasteiger charge is -2.37. The van der Waals surface area contributed by atoms with Gasteiger partial charge in [-0.3, -0.25) is 4.79 Å². The molecular weight excluding hydrogens is 490 g/mol. The number of hydrogen-bond acceptors (Lipinski definition) is 6. The van der Waals surface area contributed by atoms with Crippen LogP contribution in [-0.2, 0) is 19.6 Å². The topological polar surface area (TPSA) is 104 Å². The highest BCUT2D eigenvalue weighted by atomic mass is 32.2. The number of aliphatic hydroxyl groups is 2. The van der Waals surface area contributed by atoms with Crippen molar-refractivity contribution in [3.8, 4) is 0 Å². The Bertz CT molecular complexity index is 891. The molecule has 37 heavy (non-hydrogen) atoms. The van der Waals surface area contributed by atoms with Crippen molar-refractivity contribution in [2.45, 2.75) is 154 Å². The van der Waals surface area contributed by atoms with Crippen LogP contribution < -0.4 is 0 Å². The molecule has 7 nitrogen and oxygen atoms in total. The molecule has 0 unspecified atom stereocenters. The number of unbranched alkanes of at least 4 members (excludes halogenated alkanes) is 9. The van der Waals surface area contributed by atoms with Crippen LogP contribution in [0.15, 0.2) is 0 Å². The largest absolute Gasteiger partial charge is 0.390 e. The molecule has 1 amide bonds. The van der Waals surface area contributed by atoms with Gasteiger partial charge in [0.1, 0.15) is 0 Å². The molecule has 0 aromatic carbocycles. The summed E-state index contributed by atoms with van der Waals surface area (Å²) in [5.74, 6) is -0.327. The first-order valence-electron chi connectivity index (χ1n) is 15.1. The first kappa shape index (κ1) is 29.3. The third-order valence-electron chi connectivity index (χ3n) is 10.6. The first-order chi connectivity index (χ1) is 17.5. The van der Waals surface area contributed by atoms with E-state index in [0.29, 0.717) is 31.6 Å². The molecule has 2 bridgehead atoms. The molecule has 0 aromatic heterocycles. The Morgan fingerprint density at radius 2 is 1.54 bits per heavy atom. The lowest BCUT2D eigenvalue weighted by Crippen LogP contribution is -2.50. The summed E-state index contributed by atoms with van der Waals surface area (Å²) in [4.78, 5) is 13.4. The average Bonchev–Trinajstić information content (AvgIpc) is 3.54. The van der Waals surface area contributed by atoms with E-state index in [1.165, 1.54) is 51.4 Å². The molecule has 2 saturated heterocycles. The number of fused-ring (bicyclic) bond motifs is 1. The van der Waals surface area contributed by atoms with Crippen LogP contribution in [0, 0.1) is 16.7 Å². The molecule has 4 rings (SSSR count). The maximum absolute atomic E-state index is 13.4. The summed E-state index contributed by atoms with van der Waals surface area (Å²) < 4.78 is 33.3. The van der Waals surface area contributed by atoms with Crippen molar-refractivity contribution in [2.24, 2.45) is 16.7 Å². The van der Waals surface area contributed by atoms with E-state index in [0.717, 1.165) is 30.0 Å². The Balaban J connectivity index is 1.21. The van der Waals surface area contributed by atoms with Gasteiger partial charge in [-0.05, 0) is 49.9 Å². The second kappa shape index (κ2) is 11.8. The summed E-state index contributed by atoms with van der Waals surface area (Å²) >= 11 is 0. The fraction of sp³-hybridized carbons (Fsp3) is 0.966. The molecule has 4 fully saturated rings. The number of sulfonamides is 1. The van der Waals surface area contributed by atoms with Crippen LogP contribution >= 0.6 is 0 Å². The van der Waals surface area contributed by atoms with E-state index in [4.69, 9.17) is 4.74 Å². The lowest BCUT2D eigenvalue weighted by molar-refractivity contribution is -0.148. The standard InChI is InChI=1S/C29H51NO6S/c1-4-5-6-7-8-9-10-11-12-13-14-22(31)23-15-16-24(36-23)26(32)27(33)30-25-19-21-17-18-29(25,28(21,2)3)20-37(30,34)35/h21-26,31-32H,4-20H2,1-3H3/t21-,22-,23-,24+,25-,26-,29-/m0/s1. The van der Waals surface area contributed by atoms with Crippen LogP contribution in [0.5, 0.6) is 0 Å². The van der Waals surface area contributed by atoms with Crippen molar-refractivity contribution in [1.82, 2.24) is 4.31 Å². The monoisotopic (exact) mass is 541 g/mol. The van der Waals surface area contributed by atoms with Crippen molar-refractivity contribution >= 4 is 15.9 Å². The second-order valence-corrected chi connectivity index (χ2v) is 14.9. The van der Waals surface area contributed by atoms with E-state index < -0.39 is 45.8 Å². The summed E-state index contributed by atoms with van der Waals surface area (Å²) in [7, 11) is -3.77. The number of carbonyl (C=O) groups is 1. The highest BCUT2D eigenvalue weighted by Crippen LogP contribution is 2.70. The van der Waals surface area contributed by atoms with Crippen molar-refractivity contribution in [3.05, 3.63) is 0 Å². The van der Waals surface area contributed by atoms with Gasteiger partial charge >= 0.3 is 0 Å². The molecule has 8 heteroatoms. The minimum Gasteiger partial charge on any atom is -0.390 e. The van der Waals surface area contributed by atoms with Crippen LogP contribution in [-0.4, -0.2) is 65.1 Å². The molecule has 4 aliphatic rings. The molecule has 2 saturated carbocycles. The zero-order chi connectivity index (χ0) is 26.8. The van der Waals surface area contributed by atoms with Crippen LogP contribution in [0.2, 0.25) is 0 Å². The minimum atomic E-state index is -3.77. The zero-order valence-corrected chi connectivity index (χ0v) is 24.2. The number of carbonyl (C=O) groups excluding carboxylic acids is 1. The van der Waals surface area contributed by atoms with Crippen molar-refractivity contribution in [3.63, 3.8) is 0 Å². The van der Waals surface area contributed by atoms with E-state index in [1.54, 1.807) is 0 Å². The van der Waals surface area contributed by atoms with Gasteiger partial charge in [-0.25, -0.2) is 12.7 Å². The summed E-state index contributed by atoms with van der Waals surface area (Å²) in [6.45, 7) is 6.53. The summed E-state index contributed by atoms with van der Waals surface area (Å²) in [5, 5.41) is 21.6. The quantitative estimate of drug-likeness (QED) is 0.302. The molecule has 0 radical (unpaired) electrons. The molecule has 2 aliphatic carbocycles. The Morgan fingerprint density at radius 3 is 2.16 bits per heavy atom. The van der Waals surface area contributed by atoms with Crippen molar-refractivity contribution in [1.29, 1.82) is 0 Å². The maximum atomic E-state index is 13.4. The molecular formula is C29H51NO6S. The molecule has 1 spiro atoms. The predicted molar refractivity (Wildman–Crippen MR) is 144 cm³/mol. The first-order valence-corrected chi connectivity index (χ1v) is 16.7. The van der Waals surface area contributed by atoms with Crippen molar-refractivity contribution in [2.75, 3.05) is 5.75 Å². The normalized spacial score (nSPS) is 35.1. The number of hydrogen-bond donors (Lipinski definition) is 2. The van der Waals surface area contributed by atoms with E-state index in [9.17, 15) is 23.4 Å². The third kappa shape index (κ3) is 5.64. The number of rotatable bonds is 14. The van der Waals surface area contributed by atoms with E-state index in [-0.39, 0.29) is 17.2 Å². The Morgan fingerprint density at radius 1 is 0.946 bits per heavy atom. The second-order valence-electron chi connectivity index (χ2n) is 13.0. The Labute approximate surface area is 224 Å². The SMILES string of the molecule is CCCCCCCCCCCC[C@H](O)[C@@H]1CC[C@H]([C@H](O)C(=O)N2[C@H]3C[C@@H]4CC[C@@]3(CS2(=O)=O)C4(C)C)O1. The summed E-state index contributed by atoms with van der Waals surface area (Å²) in [6.07, 6.45) is 13.3. The fourth-order valence-corrected chi connectivity index (χ4v) is 10.7. The van der Waals surface area contributed by atoms with Gasteiger partial charge in [0, 0.05) is 5.41 Å². The lowest BCUT2D eigenvalue weighted by atomic mass is 9.69. The average molecular weight is 542 g/mol. The fourth-order valence-electron chi connectivity index (χ4n) is 8.10. The van der Waals surface area contributed by atoms with E-state index in [2.05, 4.69) is 20.8 Å². The third-order valence-corrected chi connectivity index (χ3v) is 12.5. The van der Waals surface area contributed by atoms with Gasteiger partial charge in [-0.15, -0.1) is 0 Å². The highest BCUT2D eigenvalue weighted by molar-refractivity contribution is 7.90. The Kier molecular flexibility index (Phi) is 9.35. The number of amides is 1.